The van der Waals surface area contributed by atoms with E-state index in [1.807, 2.05) is 13.0 Å². The molecule has 0 heterocycles. The van der Waals surface area contributed by atoms with Gasteiger partial charge in [0.15, 0.2) is 5.78 Å². The number of aryl methyl sites for hydroxylation is 1. The molecule has 0 N–H and O–H groups in total. The number of carbonyl (C=O) groups excluding carboxylic acids is 1. The molecular weight excluding hydrogens is 446 g/mol. The minimum atomic E-state index is -3.86. The maximum absolute atomic E-state index is 12.9. The van der Waals surface area contributed by atoms with E-state index in [1.54, 1.807) is 24.3 Å². The molecule has 0 radical (unpaired) electrons. The van der Waals surface area contributed by atoms with Crippen molar-refractivity contribution in [2.24, 2.45) is 40.9 Å². The first-order chi connectivity index (χ1) is 16.3. The second kappa shape index (κ2) is 8.91. The molecule has 0 saturated heterocycles. The lowest BCUT2D eigenvalue weighted by Crippen LogP contribution is -2.49. The van der Waals surface area contributed by atoms with Gasteiger partial charge in [-0.15, -0.1) is 0 Å². The minimum absolute atomic E-state index is 0.0653. The van der Waals surface area contributed by atoms with Crippen molar-refractivity contribution < 1.29 is 17.4 Å². The van der Waals surface area contributed by atoms with E-state index < -0.39 is 10.1 Å². The lowest BCUT2D eigenvalue weighted by molar-refractivity contribution is -0.116. The van der Waals surface area contributed by atoms with E-state index in [2.05, 4.69) is 13.0 Å². The van der Waals surface area contributed by atoms with Crippen LogP contribution in [-0.4, -0.2) is 20.8 Å². The third kappa shape index (κ3) is 3.85. The molecule has 4 aliphatic rings. The van der Waals surface area contributed by atoms with Crippen molar-refractivity contribution in [1.29, 1.82) is 5.26 Å². The quantitative estimate of drug-likeness (QED) is 0.511. The van der Waals surface area contributed by atoms with Crippen LogP contribution in [0.15, 0.2) is 40.8 Å². The highest BCUT2D eigenvalue weighted by molar-refractivity contribution is 7.86. The van der Waals surface area contributed by atoms with E-state index in [0.717, 1.165) is 56.1 Å². The van der Waals surface area contributed by atoms with Crippen LogP contribution in [0.4, 0.5) is 0 Å². The molecule has 7 atom stereocenters. The Labute approximate surface area is 203 Å². The highest BCUT2D eigenvalue weighted by Gasteiger charge is 2.59. The van der Waals surface area contributed by atoms with Crippen molar-refractivity contribution in [2.45, 2.75) is 70.1 Å². The normalized spacial score (nSPS) is 37.2. The van der Waals surface area contributed by atoms with Crippen molar-refractivity contribution in [3.63, 3.8) is 0 Å². The molecule has 3 saturated carbocycles. The zero-order chi connectivity index (χ0) is 24.1. The second-order valence-corrected chi connectivity index (χ2v) is 12.7. The van der Waals surface area contributed by atoms with E-state index in [1.165, 1.54) is 0 Å². The highest BCUT2D eigenvalue weighted by Crippen LogP contribution is 2.65. The fraction of sp³-hybridized carbons (Fsp3) is 0.643. The first kappa shape index (κ1) is 23.8. The zero-order valence-electron chi connectivity index (χ0n) is 20.2. The topological polar surface area (TPSA) is 84.2 Å². The van der Waals surface area contributed by atoms with Gasteiger partial charge in [0.05, 0.1) is 23.5 Å². The van der Waals surface area contributed by atoms with Crippen LogP contribution in [0.1, 0.15) is 63.9 Å². The lowest BCUT2D eigenvalue weighted by atomic mass is 9.49. The summed E-state index contributed by atoms with van der Waals surface area (Å²) < 4.78 is 31.5. The molecular formula is C28H35NO4S. The Hall–Kier alpha value is -1.97. The number of rotatable bonds is 5. The summed E-state index contributed by atoms with van der Waals surface area (Å²) in [4.78, 5) is 12.5. The smallest absolute Gasteiger partial charge is 0.295 e. The van der Waals surface area contributed by atoms with E-state index in [4.69, 9.17) is 4.18 Å². The van der Waals surface area contributed by atoms with Crippen LogP contribution in [0, 0.1) is 59.2 Å². The van der Waals surface area contributed by atoms with Crippen molar-refractivity contribution in [3.8, 4) is 6.07 Å². The number of ketones is 1. The van der Waals surface area contributed by atoms with Crippen LogP contribution in [0.3, 0.4) is 0 Å². The van der Waals surface area contributed by atoms with Gasteiger partial charge in [0, 0.05) is 12.3 Å². The van der Waals surface area contributed by atoms with Crippen LogP contribution >= 0.6 is 0 Å². The Morgan fingerprint density at radius 1 is 1.12 bits per heavy atom. The molecule has 3 fully saturated rings. The van der Waals surface area contributed by atoms with Gasteiger partial charge in [0.1, 0.15) is 0 Å². The number of benzene rings is 1. The predicted octanol–water partition coefficient (Wildman–Crippen LogP) is 5.60. The summed E-state index contributed by atoms with van der Waals surface area (Å²) in [7, 11) is -3.86. The number of carbonyl (C=O) groups is 1. The summed E-state index contributed by atoms with van der Waals surface area (Å²) in [5, 5.41) is 9.88. The average Bonchev–Trinajstić information content (AvgIpc) is 3.22. The molecule has 5 nitrogen and oxygen atoms in total. The molecule has 182 valence electrons. The number of nitriles is 1. The Morgan fingerprint density at radius 3 is 2.59 bits per heavy atom. The lowest BCUT2D eigenvalue weighted by Gasteiger charge is -2.56. The van der Waals surface area contributed by atoms with Crippen LogP contribution in [0.5, 0.6) is 0 Å². The van der Waals surface area contributed by atoms with Gasteiger partial charge >= 0.3 is 0 Å². The summed E-state index contributed by atoms with van der Waals surface area (Å²) in [5.41, 5.74) is 2.21. The predicted molar refractivity (Wildman–Crippen MR) is 129 cm³/mol. The Morgan fingerprint density at radius 2 is 1.88 bits per heavy atom. The fourth-order valence-corrected chi connectivity index (χ4v) is 9.08. The molecule has 1 aromatic carbocycles. The van der Waals surface area contributed by atoms with Gasteiger partial charge < -0.3 is 0 Å². The summed E-state index contributed by atoms with van der Waals surface area (Å²) in [5.74, 6) is 2.07. The zero-order valence-corrected chi connectivity index (χ0v) is 21.0. The number of hydrogen-bond acceptors (Lipinski definition) is 5. The molecule has 0 spiro atoms. The first-order valence-electron chi connectivity index (χ1n) is 12.9. The van der Waals surface area contributed by atoms with Crippen molar-refractivity contribution in [1.82, 2.24) is 0 Å². The van der Waals surface area contributed by atoms with E-state index >= 15 is 0 Å². The molecule has 5 rings (SSSR count). The molecule has 0 unspecified atom stereocenters. The van der Waals surface area contributed by atoms with Gasteiger partial charge in [-0.3, -0.25) is 8.98 Å². The monoisotopic (exact) mass is 481 g/mol. The largest absolute Gasteiger partial charge is 0.296 e. The highest BCUT2D eigenvalue weighted by atomic mass is 32.2. The second-order valence-electron chi connectivity index (χ2n) is 11.1. The van der Waals surface area contributed by atoms with E-state index in [9.17, 15) is 18.5 Å². The van der Waals surface area contributed by atoms with Gasteiger partial charge in [-0.25, -0.2) is 0 Å². The van der Waals surface area contributed by atoms with Gasteiger partial charge in [-0.2, -0.15) is 13.7 Å². The van der Waals surface area contributed by atoms with Crippen LogP contribution in [-0.2, 0) is 19.1 Å². The summed E-state index contributed by atoms with van der Waals surface area (Å²) >= 11 is 0. The summed E-state index contributed by atoms with van der Waals surface area (Å²) in [6.07, 6.45) is 9.43. The number of fused-ring (bicyclic) bond motifs is 5. The van der Waals surface area contributed by atoms with Crippen molar-refractivity contribution >= 4 is 15.9 Å². The molecule has 0 aromatic heterocycles. The number of hydrogen-bond donors (Lipinski definition) is 0. The molecule has 0 bridgehead atoms. The molecule has 6 heteroatoms. The van der Waals surface area contributed by atoms with Crippen LogP contribution < -0.4 is 0 Å². The SMILES string of the molecule is CC[C@]12CC[C@H]3[C@@H](C[C@@H](COS(=O)(=O)c4ccc(C)cc4)C4=CC(=O)CC[C@@H]43)[C@@H]1CC[C@@H]2C#N. The standard InChI is InChI=1S/C28H35NO4S/c1-3-28-13-12-24-23-10-7-21(30)15-25(23)19(14-26(24)27(28)11-6-20(28)16-29)17-33-34(31,32)22-8-4-18(2)5-9-22/h4-5,8-9,15,19-20,23-24,26-27H,3,6-7,10-14,17H2,1-2H3/t19-,20+,23+,24+,26+,27-,28+/m0/s1. The van der Waals surface area contributed by atoms with Crippen LogP contribution in [0.25, 0.3) is 0 Å². The van der Waals surface area contributed by atoms with Gasteiger partial charge in [0.25, 0.3) is 10.1 Å². The third-order valence-corrected chi connectivity index (χ3v) is 11.1. The third-order valence-electron chi connectivity index (χ3n) is 9.76. The first-order valence-corrected chi connectivity index (χ1v) is 14.3. The molecule has 34 heavy (non-hydrogen) atoms. The Balaban J connectivity index is 1.42. The van der Waals surface area contributed by atoms with E-state index in [-0.39, 0.29) is 34.5 Å². The summed E-state index contributed by atoms with van der Waals surface area (Å²) in [6, 6.07) is 9.36. The number of nitrogens with zero attached hydrogens (tertiary/aromatic N) is 1. The maximum atomic E-state index is 12.9. The van der Waals surface area contributed by atoms with Gasteiger partial charge in [0.2, 0.25) is 0 Å². The Bertz CT molecular complexity index is 1130. The molecule has 0 amide bonds. The van der Waals surface area contributed by atoms with Crippen molar-refractivity contribution in [2.75, 3.05) is 6.61 Å². The van der Waals surface area contributed by atoms with E-state index in [0.29, 0.717) is 30.1 Å². The Kier molecular flexibility index (Phi) is 6.23. The maximum Gasteiger partial charge on any atom is 0.296 e. The van der Waals surface area contributed by atoms with Gasteiger partial charge in [-0.1, -0.05) is 30.2 Å². The minimum Gasteiger partial charge on any atom is -0.295 e. The summed E-state index contributed by atoms with van der Waals surface area (Å²) in [6.45, 7) is 4.25. The van der Waals surface area contributed by atoms with Crippen molar-refractivity contribution in [3.05, 3.63) is 41.5 Å². The molecule has 4 aliphatic carbocycles. The van der Waals surface area contributed by atoms with Gasteiger partial charge in [-0.05, 0) is 99.2 Å². The molecule has 0 aliphatic heterocycles. The molecule has 1 aromatic rings. The fourth-order valence-electron chi connectivity index (χ4n) is 8.13. The average molecular weight is 482 g/mol. The van der Waals surface area contributed by atoms with Crippen LogP contribution in [0.2, 0.25) is 0 Å².